The van der Waals surface area contributed by atoms with Crippen LogP contribution >= 0.6 is 0 Å². The predicted octanol–water partition coefficient (Wildman–Crippen LogP) is 3.88. The monoisotopic (exact) mass is 221 g/mol. The summed E-state index contributed by atoms with van der Waals surface area (Å²) in [5.74, 6) is 2.16. The van der Waals surface area contributed by atoms with Gasteiger partial charge < -0.3 is 5.32 Å². The van der Waals surface area contributed by atoms with Gasteiger partial charge in [0.15, 0.2) is 0 Å². The van der Waals surface area contributed by atoms with Crippen LogP contribution in [0, 0.1) is 11.8 Å². The zero-order valence-electron chi connectivity index (χ0n) is 10.6. The summed E-state index contributed by atoms with van der Waals surface area (Å²) in [6, 6.07) is 1.80. The van der Waals surface area contributed by atoms with E-state index in [1.807, 2.05) is 0 Å². The molecule has 2 heterocycles. The van der Waals surface area contributed by atoms with E-state index in [-0.39, 0.29) is 0 Å². The fourth-order valence-corrected chi connectivity index (χ4v) is 4.44. The van der Waals surface area contributed by atoms with Gasteiger partial charge in [-0.3, -0.25) is 0 Å². The van der Waals surface area contributed by atoms with E-state index in [2.05, 4.69) is 5.32 Å². The molecule has 1 nitrogen and oxygen atoms in total. The Bertz CT molecular complexity index is 205. The molecule has 0 radical (unpaired) electrons. The molecule has 1 heteroatoms. The predicted molar refractivity (Wildman–Crippen MR) is 68.5 cm³/mol. The molecule has 2 unspecified atom stereocenters. The first-order valence-corrected chi connectivity index (χ1v) is 7.66. The maximum absolute atomic E-state index is 3.77. The van der Waals surface area contributed by atoms with E-state index in [0.29, 0.717) is 0 Å². The Morgan fingerprint density at radius 2 is 1.31 bits per heavy atom. The van der Waals surface area contributed by atoms with Gasteiger partial charge >= 0.3 is 0 Å². The highest BCUT2D eigenvalue weighted by atomic mass is 15.0. The lowest BCUT2D eigenvalue weighted by Gasteiger charge is -2.31. The van der Waals surface area contributed by atoms with Gasteiger partial charge in [0.25, 0.3) is 0 Å². The Hall–Kier alpha value is -0.0400. The van der Waals surface area contributed by atoms with Gasteiger partial charge in [0, 0.05) is 12.1 Å². The van der Waals surface area contributed by atoms with Gasteiger partial charge in [0.2, 0.25) is 0 Å². The summed E-state index contributed by atoms with van der Waals surface area (Å²) in [7, 11) is 0. The molecule has 1 aliphatic carbocycles. The van der Waals surface area contributed by atoms with Crippen molar-refractivity contribution in [3.05, 3.63) is 0 Å². The molecule has 3 fully saturated rings. The minimum atomic E-state index is 0.898. The van der Waals surface area contributed by atoms with E-state index >= 15 is 0 Å². The third-order valence-corrected chi connectivity index (χ3v) is 5.21. The first kappa shape index (κ1) is 11.1. The molecule has 2 bridgehead atoms. The van der Waals surface area contributed by atoms with Crippen LogP contribution in [0.4, 0.5) is 0 Å². The van der Waals surface area contributed by atoms with Crippen LogP contribution in [0.2, 0.25) is 0 Å². The average molecular weight is 221 g/mol. The van der Waals surface area contributed by atoms with Gasteiger partial charge in [-0.05, 0) is 43.9 Å². The van der Waals surface area contributed by atoms with Crippen LogP contribution in [0.1, 0.15) is 70.6 Å². The van der Waals surface area contributed by atoms with Crippen molar-refractivity contribution in [1.29, 1.82) is 0 Å². The lowest BCUT2D eigenvalue weighted by Crippen LogP contribution is -2.38. The second-order valence-electron chi connectivity index (χ2n) is 6.57. The van der Waals surface area contributed by atoms with Crippen LogP contribution in [0.15, 0.2) is 0 Å². The zero-order chi connectivity index (χ0) is 10.8. The number of nitrogens with one attached hydrogen (secondary N) is 1. The van der Waals surface area contributed by atoms with Crippen LogP contribution in [-0.2, 0) is 0 Å². The molecule has 0 aromatic carbocycles. The van der Waals surface area contributed by atoms with E-state index in [0.717, 1.165) is 23.9 Å². The average Bonchev–Trinajstić information content (AvgIpc) is 2.53. The van der Waals surface area contributed by atoms with Crippen molar-refractivity contribution in [2.24, 2.45) is 11.8 Å². The van der Waals surface area contributed by atoms with Crippen LogP contribution in [0.5, 0.6) is 0 Å². The number of piperidine rings is 1. The van der Waals surface area contributed by atoms with Gasteiger partial charge in [-0.25, -0.2) is 0 Å². The molecule has 1 saturated carbocycles. The van der Waals surface area contributed by atoms with Crippen molar-refractivity contribution in [2.45, 2.75) is 82.7 Å². The van der Waals surface area contributed by atoms with Crippen LogP contribution in [0.25, 0.3) is 0 Å². The summed E-state index contributed by atoms with van der Waals surface area (Å²) in [5.41, 5.74) is 0. The molecule has 1 N–H and O–H groups in total. The first-order valence-electron chi connectivity index (χ1n) is 7.66. The van der Waals surface area contributed by atoms with E-state index in [4.69, 9.17) is 0 Å². The van der Waals surface area contributed by atoms with Gasteiger partial charge in [-0.2, -0.15) is 0 Å². The fraction of sp³-hybridized carbons (Fsp3) is 1.00. The summed E-state index contributed by atoms with van der Waals surface area (Å²) >= 11 is 0. The Labute approximate surface area is 100 Å². The van der Waals surface area contributed by atoms with Gasteiger partial charge in [-0.1, -0.05) is 38.5 Å². The van der Waals surface area contributed by atoms with E-state index < -0.39 is 0 Å². The molecule has 0 aromatic heterocycles. The minimum Gasteiger partial charge on any atom is -0.311 e. The van der Waals surface area contributed by atoms with Gasteiger partial charge in [0.1, 0.15) is 0 Å². The summed E-state index contributed by atoms with van der Waals surface area (Å²) in [5, 5.41) is 3.77. The number of hydrogen-bond donors (Lipinski definition) is 1. The molecule has 2 atom stereocenters. The van der Waals surface area contributed by atoms with Crippen molar-refractivity contribution in [3.63, 3.8) is 0 Å². The third kappa shape index (κ3) is 2.61. The Balaban J connectivity index is 1.50. The van der Waals surface area contributed by atoms with Crippen molar-refractivity contribution in [3.8, 4) is 0 Å². The third-order valence-electron chi connectivity index (χ3n) is 5.21. The largest absolute Gasteiger partial charge is 0.311 e. The molecule has 16 heavy (non-hydrogen) atoms. The van der Waals surface area contributed by atoms with Crippen molar-refractivity contribution >= 4 is 0 Å². The molecule has 0 aromatic rings. The zero-order valence-corrected chi connectivity index (χ0v) is 10.6. The Kier molecular flexibility index (Phi) is 3.51. The summed E-state index contributed by atoms with van der Waals surface area (Å²) in [4.78, 5) is 0. The second kappa shape index (κ2) is 5.08. The highest BCUT2D eigenvalue weighted by Crippen LogP contribution is 2.37. The van der Waals surface area contributed by atoms with E-state index in [1.54, 1.807) is 19.3 Å². The van der Waals surface area contributed by atoms with Crippen molar-refractivity contribution in [2.75, 3.05) is 0 Å². The Morgan fingerprint density at radius 1 is 0.688 bits per heavy atom. The van der Waals surface area contributed by atoms with Gasteiger partial charge in [0.05, 0.1) is 0 Å². The van der Waals surface area contributed by atoms with Crippen LogP contribution < -0.4 is 5.32 Å². The lowest BCUT2D eigenvalue weighted by molar-refractivity contribution is 0.240. The summed E-state index contributed by atoms with van der Waals surface area (Å²) in [6.07, 6.45) is 16.6. The number of fused-ring (bicyclic) bond motifs is 2. The molecule has 0 amide bonds. The summed E-state index contributed by atoms with van der Waals surface area (Å²) in [6.45, 7) is 0. The maximum Gasteiger partial charge on any atom is 0.00728 e. The molecule has 2 saturated heterocycles. The summed E-state index contributed by atoms with van der Waals surface area (Å²) < 4.78 is 0. The molecule has 3 rings (SSSR count). The van der Waals surface area contributed by atoms with E-state index in [1.165, 1.54) is 51.4 Å². The highest BCUT2D eigenvalue weighted by Gasteiger charge is 2.34. The van der Waals surface area contributed by atoms with Crippen LogP contribution in [0.3, 0.4) is 0 Å². The quantitative estimate of drug-likeness (QED) is 0.698. The highest BCUT2D eigenvalue weighted by molar-refractivity contribution is 4.92. The molecular weight excluding hydrogens is 194 g/mol. The molecule has 3 aliphatic rings. The first-order chi connectivity index (χ1) is 7.90. The van der Waals surface area contributed by atoms with Crippen molar-refractivity contribution in [1.82, 2.24) is 5.32 Å². The Morgan fingerprint density at radius 3 is 1.94 bits per heavy atom. The molecule has 2 aliphatic heterocycles. The molecule has 92 valence electrons. The SMILES string of the molecule is C1CCCC(CC2CC3CCC(C2)N3)CC1. The number of hydrogen-bond acceptors (Lipinski definition) is 1. The van der Waals surface area contributed by atoms with E-state index in [9.17, 15) is 0 Å². The standard InChI is InChI=1S/C15H27N/c1-2-4-6-12(5-3-1)9-13-10-14-7-8-15(11-13)16-14/h12-16H,1-11H2. The lowest BCUT2D eigenvalue weighted by atomic mass is 9.82. The van der Waals surface area contributed by atoms with Gasteiger partial charge in [-0.15, -0.1) is 0 Å². The number of rotatable bonds is 2. The smallest absolute Gasteiger partial charge is 0.00728 e. The molecular formula is C15H27N. The molecule has 0 spiro atoms. The normalized spacial score (nSPS) is 40.9. The topological polar surface area (TPSA) is 12.0 Å². The van der Waals surface area contributed by atoms with Crippen molar-refractivity contribution < 1.29 is 0 Å². The minimum absolute atomic E-state index is 0.898. The van der Waals surface area contributed by atoms with Crippen LogP contribution in [-0.4, -0.2) is 12.1 Å². The fourth-order valence-electron chi connectivity index (χ4n) is 4.44. The second-order valence-corrected chi connectivity index (χ2v) is 6.57. The maximum atomic E-state index is 3.77.